The monoisotopic (exact) mass is 764 g/mol. The maximum absolute atomic E-state index is 3.83. The van der Waals surface area contributed by atoms with E-state index in [0.717, 1.165) is 18.0 Å². The van der Waals surface area contributed by atoms with E-state index >= 15 is 0 Å². The Balaban J connectivity index is 1.07. The molecule has 2 aliphatic heterocycles. The van der Waals surface area contributed by atoms with Gasteiger partial charge in [0.25, 0.3) is 0 Å². The van der Waals surface area contributed by atoms with Gasteiger partial charge in [0.15, 0.2) is 0 Å². The highest BCUT2D eigenvalue weighted by Crippen LogP contribution is 2.58. The number of nitrogens with one attached hydrogen (secondary N) is 1. The van der Waals surface area contributed by atoms with Crippen LogP contribution in [0, 0.1) is 11.8 Å². The highest BCUT2D eigenvalue weighted by atomic mass is 15.2. The zero-order valence-corrected chi connectivity index (χ0v) is 34.6. The Morgan fingerprint density at radius 1 is 0.695 bits per heavy atom. The van der Waals surface area contributed by atoms with E-state index in [1.54, 1.807) is 0 Å². The minimum absolute atomic E-state index is 0.0767. The molecule has 0 bridgehead atoms. The number of anilines is 3. The van der Waals surface area contributed by atoms with Gasteiger partial charge >= 0.3 is 0 Å². The van der Waals surface area contributed by atoms with Gasteiger partial charge in [0.1, 0.15) is 0 Å². The third-order valence-corrected chi connectivity index (χ3v) is 13.0. The number of benzene rings is 6. The second-order valence-corrected chi connectivity index (χ2v) is 17.2. The molecule has 4 atom stereocenters. The fraction of sp³-hybridized carbons (Fsp3) is 0.193. The highest BCUT2D eigenvalue weighted by Gasteiger charge is 2.43. The molecule has 4 aliphatic rings. The van der Waals surface area contributed by atoms with E-state index in [9.17, 15) is 0 Å². The smallest absolute Gasteiger partial charge is 0.0659 e. The van der Waals surface area contributed by atoms with Crippen molar-refractivity contribution >= 4 is 33.8 Å². The van der Waals surface area contributed by atoms with Gasteiger partial charge in [0.2, 0.25) is 0 Å². The summed E-state index contributed by atoms with van der Waals surface area (Å²) in [4.78, 5) is 2.70. The summed E-state index contributed by atoms with van der Waals surface area (Å²) >= 11 is 0. The fourth-order valence-corrected chi connectivity index (χ4v) is 9.99. The van der Waals surface area contributed by atoms with Crippen molar-refractivity contribution in [3.8, 4) is 33.4 Å². The van der Waals surface area contributed by atoms with Crippen LogP contribution < -0.4 is 10.2 Å². The summed E-state index contributed by atoms with van der Waals surface area (Å²) in [7, 11) is 0. The number of hydrogen-bond donors (Lipinski definition) is 1. The van der Waals surface area contributed by atoms with Gasteiger partial charge in [-0.3, -0.25) is 0 Å². The van der Waals surface area contributed by atoms with Crippen molar-refractivity contribution in [1.29, 1.82) is 0 Å². The summed E-state index contributed by atoms with van der Waals surface area (Å²) in [6, 6.07) is 53.8. The van der Waals surface area contributed by atoms with Crippen LogP contribution in [0.1, 0.15) is 63.6 Å². The minimum Gasteiger partial charge on any atom is -0.379 e. The summed E-state index contributed by atoms with van der Waals surface area (Å²) in [5, 5.41) is 3.83. The van der Waals surface area contributed by atoms with E-state index in [4.69, 9.17) is 0 Å². The fourth-order valence-electron chi connectivity index (χ4n) is 9.99. The first-order valence-electron chi connectivity index (χ1n) is 21.6. The number of hydrogen-bond acceptors (Lipinski definition) is 2. The number of nitrogens with zero attached hydrogens (tertiary/aromatic N) is 1. The summed E-state index contributed by atoms with van der Waals surface area (Å²) in [6.45, 7) is 9.31. The minimum atomic E-state index is 0.0767. The topological polar surface area (TPSA) is 15.3 Å². The molecule has 0 amide bonds. The Labute approximate surface area is 350 Å². The summed E-state index contributed by atoms with van der Waals surface area (Å²) in [6.07, 6.45) is 15.9. The lowest BCUT2D eigenvalue weighted by molar-refractivity contribution is 0.534. The Kier molecular flexibility index (Phi) is 9.65. The summed E-state index contributed by atoms with van der Waals surface area (Å²) in [5.74, 6) is 1.01. The molecule has 0 spiro atoms. The van der Waals surface area contributed by atoms with Gasteiger partial charge in [-0.15, -0.1) is 0 Å². The first-order valence-corrected chi connectivity index (χ1v) is 21.6. The van der Waals surface area contributed by atoms with Gasteiger partial charge in [-0.1, -0.05) is 159 Å². The zero-order valence-electron chi connectivity index (χ0n) is 34.6. The molecule has 2 heteroatoms. The van der Waals surface area contributed by atoms with Crippen molar-refractivity contribution in [1.82, 2.24) is 0 Å². The number of para-hydroxylation sites is 1. The first kappa shape index (κ1) is 36.9. The number of allylic oxidation sites excluding steroid dienone is 7. The molecule has 0 radical (unpaired) electrons. The Morgan fingerprint density at radius 3 is 2.17 bits per heavy atom. The molecule has 59 heavy (non-hydrogen) atoms. The summed E-state index contributed by atoms with van der Waals surface area (Å²) in [5.41, 5.74) is 22.1. The Hall–Kier alpha value is -6.38. The maximum Gasteiger partial charge on any atom is 0.0659 e. The van der Waals surface area contributed by atoms with Gasteiger partial charge in [-0.05, 0) is 137 Å². The van der Waals surface area contributed by atoms with Gasteiger partial charge in [-0.25, -0.2) is 0 Å². The molecule has 1 N–H and O–H groups in total. The standard InChI is InChI=1S/C57H52N2/c1-37-25-27-43(28-26-37)45-29-30-55-53(35-45)50-22-12-11-21-49(50)51-23-14-24-52-54-36-47(32-39(3)56(54)59(55)57(51)52)46(31-38(2)41-15-7-5-8-16-41)33-40(4)58-48-20-13-19-44(34-48)42-17-9-6-10-18-42/h5-24,27,29-37,39-40,56,58H,25-26,28H2,1-4H3/b38-31+,46-33+. The summed E-state index contributed by atoms with van der Waals surface area (Å²) < 4.78 is 0. The van der Waals surface area contributed by atoms with Crippen LogP contribution in [0.4, 0.5) is 17.1 Å². The van der Waals surface area contributed by atoms with Crippen LogP contribution in [-0.4, -0.2) is 12.1 Å². The maximum atomic E-state index is 3.83. The second-order valence-electron chi connectivity index (χ2n) is 17.2. The van der Waals surface area contributed by atoms with E-state index in [1.165, 1.54) is 102 Å². The van der Waals surface area contributed by atoms with Gasteiger partial charge in [0, 0.05) is 34.1 Å². The van der Waals surface area contributed by atoms with Crippen LogP contribution >= 0.6 is 0 Å². The van der Waals surface area contributed by atoms with Crippen molar-refractivity contribution in [2.45, 2.75) is 59.0 Å². The average molecular weight is 765 g/mol. The molecule has 2 heterocycles. The highest BCUT2D eigenvalue weighted by molar-refractivity contribution is 6.08. The third kappa shape index (κ3) is 6.91. The van der Waals surface area contributed by atoms with Crippen LogP contribution in [-0.2, 0) is 0 Å². The average Bonchev–Trinajstić information content (AvgIpc) is 3.56. The van der Waals surface area contributed by atoms with Gasteiger partial charge in [0.05, 0.1) is 11.7 Å². The molecule has 6 aromatic rings. The molecular formula is C57H52N2. The zero-order chi connectivity index (χ0) is 40.0. The van der Waals surface area contributed by atoms with Crippen molar-refractivity contribution < 1.29 is 0 Å². The number of rotatable bonds is 8. The van der Waals surface area contributed by atoms with Crippen molar-refractivity contribution in [3.63, 3.8) is 0 Å². The van der Waals surface area contributed by atoms with E-state index < -0.39 is 0 Å². The molecule has 10 rings (SSSR count). The quantitative estimate of drug-likeness (QED) is 0.155. The van der Waals surface area contributed by atoms with Gasteiger partial charge in [-0.2, -0.15) is 0 Å². The molecule has 2 nitrogen and oxygen atoms in total. The lowest BCUT2D eigenvalue weighted by atomic mass is 9.81. The first-order chi connectivity index (χ1) is 28.9. The molecule has 6 aromatic carbocycles. The normalized spacial score (nSPS) is 19.9. The molecule has 0 saturated heterocycles. The predicted molar refractivity (Wildman–Crippen MR) is 253 cm³/mol. The molecule has 290 valence electrons. The molecule has 0 fully saturated rings. The van der Waals surface area contributed by atoms with Crippen molar-refractivity contribution in [3.05, 3.63) is 204 Å². The molecule has 2 aliphatic carbocycles. The molecular weight excluding hydrogens is 713 g/mol. The Bertz CT molecular complexity index is 2720. The molecule has 0 aromatic heterocycles. The van der Waals surface area contributed by atoms with E-state index in [0.29, 0.717) is 0 Å². The van der Waals surface area contributed by atoms with Crippen LogP contribution in [0.5, 0.6) is 0 Å². The van der Waals surface area contributed by atoms with Crippen LogP contribution in [0.15, 0.2) is 187 Å². The lowest BCUT2D eigenvalue weighted by Crippen LogP contribution is -2.34. The van der Waals surface area contributed by atoms with Crippen molar-refractivity contribution in [2.75, 3.05) is 10.2 Å². The third-order valence-electron chi connectivity index (χ3n) is 13.0. The van der Waals surface area contributed by atoms with E-state index in [2.05, 4.69) is 214 Å². The van der Waals surface area contributed by atoms with Crippen LogP contribution in [0.2, 0.25) is 0 Å². The largest absolute Gasteiger partial charge is 0.379 e. The van der Waals surface area contributed by atoms with E-state index in [1.807, 2.05) is 0 Å². The van der Waals surface area contributed by atoms with E-state index in [-0.39, 0.29) is 18.0 Å². The number of fused-ring (bicyclic) bond motifs is 8. The molecule has 0 saturated carbocycles. The van der Waals surface area contributed by atoms with Crippen LogP contribution in [0.3, 0.4) is 0 Å². The van der Waals surface area contributed by atoms with Gasteiger partial charge < -0.3 is 10.2 Å². The second kappa shape index (κ2) is 15.4. The predicted octanol–water partition coefficient (Wildman–Crippen LogP) is 15.2. The van der Waals surface area contributed by atoms with Crippen molar-refractivity contribution in [2.24, 2.45) is 11.8 Å². The molecule has 4 unspecified atom stereocenters. The SMILES string of the molecule is C/C(=C\C(=C/C(C)Nc1cccc(-c2ccccc2)c1)C1=CC(C)C2C(=C1)c1cccc3c1N2c1ccc(C2=CCC(C)CC2)cc1-c1ccccc1-3)c1ccccc1. The lowest BCUT2D eigenvalue weighted by Gasteiger charge is -2.35. The van der Waals surface area contributed by atoms with Crippen LogP contribution in [0.25, 0.3) is 50.1 Å². The Morgan fingerprint density at radius 2 is 1.39 bits per heavy atom.